The predicted octanol–water partition coefficient (Wildman–Crippen LogP) is 2.71. The topological polar surface area (TPSA) is 67.4 Å². The van der Waals surface area contributed by atoms with Crippen molar-refractivity contribution in [3.05, 3.63) is 28.2 Å². The van der Waals surface area contributed by atoms with Crippen molar-refractivity contribution in [1.29, 1.82) is 0 Å². The van der Waals surface area contributed by atoms with Crippen LogP contribution < -0.4 is 15.4 Å². The van der Waals surface area contributed by atoms with Gasteiger partial charge in [-0.1, -0.05) is 15.9 Å². The molecule has 0 unspecified atom stereocenters. The maximum Gasteiger partial charge on any atom is 0.220 e. The van der Waals surface area contributed by atoms with Crippen molar-refractivity contribution >= 4 is 40.0 Å². The van der Waals surface area contributed by atoms with Gasteiger partial charge >= 0.3 is 0 Å². The van der Waals surface area contributed by atoms with Gasteiger partial charge in [0, 0.05) is 29.9 Å². The molecule has 1 saturated heterocycles. The van der Waals surface area contributed by atoms with Crippen LogP contribution in [0.25, 0.3) is 0 Å². The summed E-state index contributed by atoms with van der Waals surface area (Å²) in [6.07, 6.45) is 2.44. The van der Waals surface area contributed by atoms with E-state index in [9.17, 15) is 9.59 Å². The normalized spacial score (nSPS) is 17.0. The van der Waals surface area contributed by atoms with Crippen molar-refractivity contribution in [2.24, 2.45) is 0 Å². The van der Waals surface area contributed by atoms with Gasteiger partial charge in [0.2, 0.25) is 5.91 Å². The maximum absolute atomic E-state index is 12.3. The number of ketones is 1. The van der Waals surface area contributed by atoms with Crippen LogP contribution in [0, 0.1) is 0 Å². The molecule has 1 heterocycles. The van der Waals surface area contributed by atoms with Gasteiger partial charge in [0.05, 0.1) is 12.7 Å². The summed E-state index contributed by atoms with van der Waals surface area (Å²) in [5.74, 6) is 0.371. The van der Waals surface area contributed by atoms with Crippen molar-refractivity contribution in [1.82, 2.24) is 10.6 Å². The fourth-order valence-corrected chi connectivity index (χ4v) is 2.90. The van der Waals surface area contributed by atoms with E-state index in [2.05, 4.69) is 26.6 Å². The van der Waals surface area contributed by atoms with Crippen molar-refractivity contribution in [2.45, 2.75) is 31.7 Å². The first-order valence-corrected chi connectivity index (χ1v) is 8.26. The smallest absolute Gasteiger partial charge is 0.220 e. The SMILES string of the molecule is COc1ccc(Br)cc1C(=O)CCC(=O)N[C@H]1CCCNC1.Cl. The van der Waals surface area contributed by atoms with Crippen LogP contribution in [0.3, 0.4) is 0 Å². The summed E-state index contributed by atoms with van der Waals surface area (Å²) in [6, 6.07) is 5.46. The third kappa shape index (κ3) is 6.12. The van der Waals surface area contributed by atoms with E-state index in [4.69, 9.17) is 4.74 Å². The number of nitrogens with one attached hydrogen (secondary N) is 2. The number of rotatable bonds is 6. The Morgan fingerprint density at radius 2 is 2.17 bits per heavy atom. The zero-order chi connectivity index (χ0) is 15.9. The third-order valence-electron chi connectivity index (χ3n) is 3.70. The Balaban J connectivity index is 0.00000264. The van der Waals surface area contributed by atoms with Gasteiger partial charge in [0.25, 0.3) is 0 Å². The second-order valence-electron chi connectivity index (χ2n) is 5.38. The van der Waals surface area contributed by atoms with Crippen LogP contribution in [0.1, 0.15) is 36.0 Å². The molecular weight excluding hydrogens is 384 g/mol. The van der Waals surface area contributed by atoms with Gasteiger partial charge in [0.1, 0.15) is 5.75 Å². The van der Waals surface area contributed by atoms with E-state index in [0.717, 1.165) is 30.4 Å². The van der Waals surface area contributed by atoms with E-state index < -0.39 is 0 Å². The van der Waals surface area contributed by atoms with Crippen LogP contribution in [0.15, 0.2) is 22.7 Å². The number of piperidine rings is 1. The molecule has 1 aliphatic heterocycles. The summed E-state index contributed by atoms with van der Waals surface area (Å²) in [7, 11) is 1.53. The summed E-state index contributed by atoms with van der Waals surface area (Å²) < 4.78 is 6.01. The number of Topliss-reactive ketones (excluding diaryl/α,β-unsaturated/α-hetero) is 1. The van der Waals surface area contributed by atoms with Gasteiger partial charge in [-0.05, 0) is 37.6 Å². The van der Waals surface area contributed by atoms with E-state index in [-0.39, 0.29) is 43.0 Å². The highest BCUT2D eigenvalue weighted by molar-refractivity contribution is 9.10. The highest BCUT2D eigenvalue weighted by Crippen LogP contribution is 2.24. The molecule has 1 atom stereocenters. The monoisotopic (exact) mass is 404 g/mol. The van der Waals surface area contributed by atoms with Gasteiger partial charge in [-0.3, -0.25) is 9.59 Å². The van der Waals surface area contributed by atoms with Crippen LogP contribution in [-0.4, -0.2) is 37.9 Å². The number of methoxy groups -OCH3 is 1. The zero-order valence-electron chi connectivity index (χ0n) is 13.1. The van der Waals surface area contributed by atoms with E-state index in [1.165, 1.54) is 7.11 Å². The number of hydrogen-bond acceptors (Lipinski definition) is 4. The Labute approximate surface area is 151 Å². The lowest BCUT2D eigenvalue weighted by Crippen LogP contribution is -2.45. The number of carbonyl (C=O) groups is 2. The Morgan fingerprint density at radius 3 is 2.83 bits per heavy atom. The quantitative estimate of drug-likeness (QED) is 0.714. The molecule has 0 aromatic heterocycles. The summed E-state index contributed by atoms with van der Waals surface area (Å²) in [5.41, 5.74) is 0.504. The molecule has 0 radical (unpaired) electrons. The lowest BCUT2D eigenvalue weighted by molar-refractivity contribution is -0.121. The van der Waals surface area contributed by atoms with Gasteiger partial charge in [-0.25, -0.2) is 0 Å². The molecule has 2 rings (SSSR count). The van der Waals surface area contributed by atoms with E-state index in [1.54, 1.807) is 12.1 Å². The molecule has 1 aliphatic rings. The second kappa shape index (κ2) is 9.90. The van der Waals surface area contributed by atoms with Gasteiger partial charge in [-0.15, -0.1) is 12.4 Å². The Hall–Kier alpha value is -1.11. The molecule has 1 aromatic carbocycles. The summed E-state index contributed by atoms with van der Waals surface area (Å²) >= 11 is 3.35. The number of hydrogen-bond donors (Lipinski definition) is 2. The average Bonchev–Trinajstić information content (AvgIpc) is 2.53. The number of ether oxygens (including phenoxy) is 1. The first-order chi connectivity index (χ1) is 10.6. The largest absolute Gasteiger partial charge is 0.496 e. The number of benzene rings is 1. The third-order valence-corrected chi connectivity index (χ3v) is 4.20. The summed E-state index contributed by atoms with van der Waals surface area (Å²) in [6.45, 7) is 1.81. The maximum atomic E-state index is 12.3. The average molecular weight is 406 g/mol. The van der Waals surface area contributed by atoms with Gasteiger partial charge in [-0.2, -0.15) is 0 Å². The lowest BCUT2D eigenvalue weighted by atomic mass is 10.0. The summed E-state index contributed by atoms with van der Waals surface area (Å²) in [5, 5.41) is 6.22. The Kier molecular flexibility index (Phi) is 8.58. The van der Waals surface area contributed by atoms with Crippen molar-refractivity contribution < 1.29 is 14.3 Å². The molecule has 0 aliphatic carbocycles. The molecule has 128 valence electrons. The zero-order valence-corrected chi connectivity index (χ0v) is 15.5. The van der Waals surface area contributed by atoms with E-state index in [1.807, 2.05) is 6.07 Å². The van der Waals surface area contributed by atoms with Crippen LogP contribution in [0.5, 0.6) is 5.75 Å². The molecule has 1 amide bonds. The standard InChI is InChI=1S/C16H21BrN2O3.ClH/c1-22-15-6-4-11(17)9-13(15)14(20)5-7-16(21)19-12-3-2-8-18-10-12;/h4,6,9,12,18H,2-3,5,7-8,10H2,1H3,(H,19,21);1H/t12-;/m0./s1. The number of amides is 1. The van der Waals surface area contributed by atoms with Crippen LogP contribution in [-0.2, 0) is 4.79 Å². The highest BCUT2D eigenvalue weighted by Gasteiger charge is 2.18. The molecule has 2 N–H and O–H groups in total. The molecule has 0 spiro atoms. The first kappa shape index (κ1) is 19.9. The minimum absolute atomic E-state index is 0. The number of carbonyl (C=O) groups excluding carboxylic acids is 2. The predicted molar refractivity (Wildman–Crippen MR) is 95.5 cm³/mol. The van der Waals surface area contributed by atoms with Crippen molar-refractivity contribution in [3.63, 3.8) is 0 Å². The summed E-state index contributed by atoms with van der Waals surface area (Å²) in [4.78, 5) is 24.2. The van der Waals surface area contributed by atoms with Crippen molar-refractivity contribution in [2.75, 3.05) is 20.2 Å². The second-order valence-corrected chi connectivity index (χ2v) is 6.29. The highest BCUT2D eigenvalue weighted by atomic mass is 79.9. The molecule has 0 bridgehead atoms. The molecule has 5 nitrogen and oxygen atoms in total. The molecule has 0 saturated carbocycles. The minimum atomic E-state index is -0.0879. The molecule has 1 aromatic rings. The minimum Gasteiger partial charge on any atom is -0.496 e. The van der Waals surface area contributed by atoms with Crippen molar-refractivity contribution in [3.8, 4) is 5.75 Å². The van der Waals surface area contributed by atoms with E-state index >= 15 is 0 Å². The molecule has 23 heavy (non-hydrogen) atoms. The first-order valence-electron chi connectivity index (χ1n) is 7.47. The van der Waals surface area contributed by atoms with Crippen LogP contribution >= 0.6 is 28.3 Å². The lowest BCUT2D eigenvalue weighted by Gasteiger charge is -2.23. The van der Waals surface area contributed by atoms with Crippen LogP contribution in [0.4, 0.5) is 0 Å². The van der Waals surface area contributed by atoms with E-state index in [0.29, 0.717) is 11.3 Å². The van der Waals surface area contributed by atoms with Gasteiger partial charge in [0.15, 0.2) is 5.78 Å². The fourth-order valence-electron chi connectivity index (χ4n) is 2.53. The number of halogens is 2. The molecule has 1 fully saturated rings. The fraction of sp³-hybridized carbons (Fsp3) is 0.500. The molecular formula is C16H22BrClN2O3. The Morgan fingerprint density at radius 1 is 1.39 bits per heavy atom. The Bertz CT molecular complexity index is 548. The molecule has 7 heteroatoms. The van der Waals surface area contributed by atoms with Crippen LogP contribution in [0.2, 0.25) is 0 Å². The van der Waals surface area contributed by atoms with Gasteiger partial charge < -0.3 is 15.4 Å².